The highest BCUT2D eigenvalue weighted by Gasteiger charge is 2.64. The van der Waals surface area contributed by atoms with Gasteiger partial charge < -0.3 is 4.74 Å². The molecule has 0 amide bonds. The van der Waals surface area contributed by atoms with Crippen molar-refractivity contribution in [1.29, 1.82) is 0 Å². The van der Waals surface area contributed by atoms with Gasteiger partial charge >= 0.3 is 0 Å². The molecule has 1 heterocycles. The summed E-state index contributed by atoms with van der Waals surface area (Å²) in [5.41, 5.74) is 0.141. The molecule has 0 aromatic rings. The molecule has 68 valence electrons. The molecule has 12 heavy (non-hydrogen) atoms. The monoisotopic (exact) mass is 166 g/mol. The minimum Gasteiger partial charge on any atom is -0.365 e. The number of ether oxygens (including phenoxy) is 1. The molecule has 3 unspecified atom stereocenters. The SMILES string of the molecule is CC=CC1(C)OC(C)(C)C2CC21. The van der Waals surface area contributed by atoms with Gasteiger partial charge in [-0.15, -0.1) is 0 Å². The van der Waals surface area contributed by atoms with E-state index in [9.17, 15) is 0 Å². The first kappa shape index (κ1) is 8.31. The molecule has 0 spiro atoms. The summed E-state index contributed by atoms with van der Waals surface area (Å²) in [5, 5.41) is 0. The number of hydrogen-bond acceptors (Lipinski definition) is 1. The number of rotatable bonds is 1. The first-order valence-corrected chi connectivity index (χ1v) is 4.83. The minimum atomic E-state index is 0.0307. The van der Waals surface area contributed by atoms with Crippen molar-refractivity contribution in [3.05, 3.63) is 12.2 Å². The summed E-state index contributed by atoms with van der Waals surface area (Å²) in [4.78, 5) is 0. The lowest BCUT2D eigenvalue weighted by Crippen LogP contribution is -2.32. The van der Waals surface area contributed by atoms with Crippen molar-refractivity contribution in [3.8, 4) is 0 Å². The average Bonchev–Trinajstić information content (AvgIpc) is 2.58. The predicted molar refractivity (Wildman–Crippen MR) is 50.0 cm³/mol. The van der Waals surface area contributed by atoms with Crippen molar-refractivity contribution >= 4 is 0 Å². The Balaban J connectivity index is 2.23. The summed E-state index contributed by atoms with van der Waals surface area (Å²) in [6.07, 6.45) is 5.68. The normalized spacial score (nSPS) is 49.7. The maximum Gasteiger partial charge on any atom is 0.0873 e. The zero-order chi connectivity index (χ0) is 8.98. The van der Waals surface area contributed by atoms with Gasteiger partial charge in [-0.1, -0.05) is 12.2 Å². The van der Waals surface area contributed by atoms with E-state index in [0.29, 0.717) is 0 Å². The van der Waals surface area contributed by atoms with Gasteiger partial charge in [-0.25, -0.2) is 0 Å². The fourth-order valence-corrected chi connectivity index (χ4v) is 2.80. The molecule has 2 fully saturated rings. The quantitative estimate of drug-likeness (QED) is 0.544. The standard InChI is InChI=1S/C11H18O/c1-5-6-11(4)9-7-8(9)10(2,3)12-11/h5-6,8-9H,7H2,1-4H3. The van der Waals surface area contributed by atoms with E-state index in [-0.39, 0.29) is 11.2 Å². The molecule has 0 N–H and O–H groups in total. The van der Waals surface area contributed by atoms with Crippen LogP contribution in [0, 0.1) is 11.8 Å². The Morgan fingerprint density at radius 1 is 1.25 bits per heavy atom. The van der Waals surface area contributed by atoms with Crippen LogP contribution in [0.4, 0.5) is 0 Å². The third-order valence-electron chi connectivity index (χ3n) is 3.40. The summed E-state index contributed by atoms with van der Waals surface area (Å²) in [5.74, 6) is 1.59. The van der Waals surface area contributed by atoms with Gasteiger partial charge in [-0.2, -0.15) is 0 Å². The molecule has 0 radical (unpaired) electrons. The van der Waals surface area contributed by atoms with Crippen LogP contribution < -0.4 is 0 Å². The summed E-state index contributed by atoms with van der Waals surface area (Å²) < 4.78 is 6.05. The highest BCUT2D eigenvalue weighted by molar-refractivity contribution is 5.19. The van der Waals surface area contributed by atoms with E-state index in [1.165, 1.54) is 6.42 Å². The van der Waals surface area contributed by atoms with Crippen molar-refractivity contribution in [2.24, 2.45) is 11.8 Å². The molecule has 1 aliphatic heterocycles. The average molecular weight is 166 g/mol. The van der Waals surface area contributed by atoms with Crippen LogP contribution in [0.5, 0.6) is 0 Å². The van der Waals surface area contributed by atoms with Gasteiger partial charge in [0.1, 0.15) is 0 Å². The first-order valence-electron chi connectivity index (χ1n) is 4.83. The van der Waals surface area contributed by atoms with E-state index in [1.54, 1.807) is 0 Å². The van der Waals surface area contributed by atoms with Gasteiger partial charge in [0.2, 0.25) is 0 Å². The third-order valence-corrected chi connectivity index (χ3v) is 3.40. The lowest BCUT2D eigenvalue weighted by atomic mass is 9.99. The predicted octanol–water partition coefficient (Wildman–Crippen LogP) is 2.77. The molecule has 0 aromatic carbocycles. The maximum atomic E-state index is 6.05. The van der Waals surface area contributed by atoms with Crippen molar-refractivity contribution in [2.75, 3.05) is 0 Å². The second-order valence-corrected chi connectivity index (χ2v) is 4.84. The van der Waals surface area contributed by atoms with E-state index in [4.69, 9.17) is 4.74 Å². The lowest BCUT2D eigenvalue weighted by Gasteiger charge is -2.29. The Morgan fingerprint density at radius 2 is 1.92 bits per heavy atom. The van der Waals surface area contributed by atoms with Crippen molar-refractivity contribution in [3.63, 3.8) is 0 Å². The van der Waals surface area contributed by atoms with E-state index < -0.39 is 0 Å². The fraction of sp³-hybridized carbons (Fsp3) is 0.818. The second-order valence-electron chi connectivity index (χ2n) is 4.84. The van der Waals surface area contributed by atoms with Crippen LogP contribution in [0.3, 0.4) is 0 Å². The Kier molecular flexibility index (Phi) is 1.48. The third kappa shape index (κ3) is 0.957. The fourth-order valence-electron chi connectivity index (χ4n) is 2.80. The Hall–Kier alpha value is -0.300. The van der Waals surface area contributed by atoms with Crippen molar-refractivity contribution in [1.82, 2.24) is 0 Å². The molecular formula is C11H18O. The molecule has 2 aliphatic rings. The van der Waals surface area contributed by atoms with Crippen molar-refractivity contribution in [2.45, 2.75) is 45.3 Å². The van der Waals surface area contributed by atoms with Gasteiger partial charge in [0.15, 0.2) is 0 Å². The van der Waals surface area contributed by atoms with Gasteiger partial charge in [-0.3, -0.25) is 0 Å². The summed E-state index contributed by atoms with van der Waals surface area (Å²) in [7, 11) is 0. The molecule has 0 aromatic heterocycles. The molecule has 1 aliphatic carbocycles. The van der Waals surface area contributed by atoms with Crippen molar-refractivity contribution < 1.29 is 4.74 Å². The maximum absolute atomic E-state index is 6.05. The second kappa shape index (κ2) is 2.14. The first-order chi connectivity index (χ1) is 5.49. The summed E-state index contributed by atoms with van der Waals surface area (Å²) in [6, 6.07) is 0. The number of fused-ring (bicyclic) bond motifs is 1. The summed E-state index contributed by atoms with van der Waals surface area (Å²) in [6.45, 7) is 8.71. The van der Waals surface area contributed by atoms with E-state index >= 15 is 0 Å². The summed E-state index contributed by atoms with van der Waals surface area (Å²) >= 11 is 0. The molecule has 1 nitrogen and oxygen atoms in total. The highest BCUT2D eigenvalue weighted by Crippen LogP contribution is 2.62. The van der Waals surface area contributed by atoms with Gasteiger partial charge in [0, 0.05) is 0 Å². The molecule has 1 heteroatoms. The van der Waals surface area contributed by atoms with Crippen LogP contribution >= 0.6 is 0 Å². The molecular weight excluding hydrogens is 148 g/mol. The molecule has 0 bridgehead atoms. The molecule has 2 rings (SSSR count). The molecule has 1 saturated carbocycles. The topological polar surface area (TPSA) is 9.23 Å². The number of hydrogen-bond donors (Lipinski definition) is 0. The number of allylic oxidation sites excluding steroid dienone is 1. The van der Waals surface area contributed by atoms with Gasteiger partial charge in [0.05, 0.1) is 11.2 Å². The highest BCUT2D eigenvalue weighted by atomic mass is 16.5. The van der Waals surface area contributed by atoms with Gasteiger partial charge in [-0.05, 0) is 46.0 Å². The van der Waals surface area contributed by atoms with E-state index in [2.05, 4.69) is 39.8 Å². The largest absolute Gasteiger partial charge is 0.365 e. The smallest absolute Gasteiger partial charge is 0.0873 e. The van der Waals surface area contributed by atoms with Crippen LogP contribution in [0.1, 0.15) is 34.1 Å². The van der Waals surface area contributed by atoms with E-state index in [1.807, 2.05) is 0 Å². The zero-order valence-corrected chi connectivity index (χ0v) is 8.42. The zero-order valence-electron chi connectivity index (χ0n) is 8.42. The minimum absolute atomic E-state index is 0.0307. The van der Waals surface area contributed by atoms with Gasteiger partial charge in [0.25, 0.3) is 0 Å². The molecule has 1 saturated heterocycles. The Bertz CT molecular complexity index is 229. The van der Waals surface area contributed by atoms with Crippen LogP contribution in [0.25, 0.3) is 0 Å². The Labute approximate surface area is 74.8 Å². The van der Waals surface area contributed by atoms with Crippen LogP contribution in [0.15, 0.2) is 12.2 Å². The van der Waals surface area contributed by atoms with Crippen LogP contribution in [-0.2, 0) is 4.74 Å². The van der Waals surface area contributed by atoms with E-state index in [0.717, 1.165) is 11.8 Å². The van der Waals surface area contributed by atoms with Crippen LogP contribution in [-0.4, -0.2) is 11.2 Å². The lowest BCUT2D eigenvalue weighted by molar-refractivity contribution is -0.0782. The van der Waals surface area contributed by atoms with Crippen LogP contribution in [0.2, 0.25) is 0 Å². The molecule has 3 atom stereocenters. The Morgan fingerprint density at radius 3 is 2.25 bits per heavy atom.